The first kappa shape index (κ1) is 36.9. The number of aliphatic hydroxyl groups excluding tert-OH is 3. The molecule has 2 heterocycles. The van der Waals surface area contributed by atoms with Gasteiger partial charge in [0.15, 0.2) is 0 Å². The number of rotatable bonds is 12. The highest BCUT2D eigenvalue weighted by Crippen LogP contribution is 2.51. The number of ether oxygens (including phenoxy) is 2. The molecule has 2 amide bonds. The molecular formula is C28H52N4O8S2. The molecule has 2 saturated heterocycles. The van der Waals surface area contributed by atoms with Gasteiger partial charge in [0.05, 0.1) is 35.9 Å². The molecule has 12 nitrogen and oxygen atoms in total. The molecular weight excluding hydrogens is 584 g/mol. The van der Waals surface area contributed by atoms with Crippen LogP contribution in [0.1, 0.15) is 74.1 Å². The average molecular weight is 637 g/mol. The molecule has 6 N–H and O–H groups in total. The number of hydrogen-bond acceptors (Lipinski definition) is 12. The van der Waals surface area contributed by atoms with Crippen molar-refractivity contribution in [3.8, 4) is 0 Å². The second kappa shape index (κ2) is 15.6. The second-order valence-electron chi connectivity index (χ2n) is 13.1. The Morgan fingerprint density at radius 2 is 1.67 bits per heavy atom. The normalized spacial score (nSPS) is 23.0. The van der Waals surface area contributed by atoms with Crippen LogP contribution in [0.3, 0.4) is 0 Å². The first-order valence-electron chi connectivity index (χ1n) is 14.6. The Morgan fingerprint density at radius 1 is 1.05 bits per heavy atom. The van der Waals surface area contributed by atoms with Gasteiger partial charge in [0.25, 0.3) is 0 Å². The Balaban J connectivity index is 2.31. The van der Waals surface area contributed by atoms with Crippen molar-refractivity contribution in [2.75, 3.05) is 31.7 Å². The summed E-state index contributed by atoms with van der Waals surface area (Å²) in [5.74, 6) is 0.896. The minimum absolute atomic E-state index is 0.306. The number of nitrogens with one attached hydrogen (secondary N) is 3. The molecule has 0 aromatic rings. The van der Waals surface area contributed by atoms with E-state index in [1.54, 1.807) is 49.2 Å². The summed E-state index contributed by atoms with van der Waals surface area (Å²) in [6, 6.07) is -2.34. The van der Waals surface area contributed by atoms with E-state index in [0.717, 1.165) is 17.9 Å². The molecule has 0 aromatic heterocycles. The summed E-state index contributed by atoms with van der Waals surface area (Å²) < 4.78 is 9.74. The van der Waals surface area contributed by atoms with Crippen molar-refractivity contribution >= 4 is 41.5 Å². The maximum Gasteiger partial charge on any atom is 0.408 e. The van der Waals surface area contributed by atoms with Crippen molar-refractivity contribution in [2.45, 2.75) is 121 Å². The zero-order chi connectivity index (χ0) is 31.9. The largest absolute Gasteiger partial charge is 0.468 e. The van der Waals surface area contributed by atoms with E-state index in [2.05, 4.69) is 20.7 Å². The number of hydrogen-bond donors (Lipinski definition) is 6. The number of thioether (sulfide) groups is 2. The SMILES string of the molecule is CCCC(NC(=O)C1CC2(CN1C(O)C(NC(=O)OC(C)(C)C)C(C)(C)C)SCCCS2)C(O)C(O)NCC(=O)OC. The molecule has 0 radical (unpaired) electrons. The van der Waals surface area contributed by atoms with Crippen molar-refractivity contribution in [1.29, 1.82) is 0 Å². The third-order valence-corrected chi connectivity index (χ3v) is 10.6. The van der Waals surface area contributed by atoms with Crippen LogP contribution in [0.2, 0.25) is 0 Å². The van der Waals surface area contributed by atoms with Crippen LogP contribution in [-0.4, -0.2) is 116 Å². The number of carbonyl (C=O) groups is 3. The summed E-state index contributed by atoms with van der Waals surface area (Å²) in [6.07, 6.45) is -2.24. The van der Waals surface area contributed by atoms with Gasteiger partial charge in [-0.1, -0.05) is 34.1 Å². The molecule has 244 valence electrons. The van der Waals surface area contributed by atoms with Crippen LogP contribution in [0.25, 0.3) is 0 Å². The molecule has 0 aromatic carbocycles. The molecule has 2 aliphatic heterocycles. The Bertz CT molecular complexity index is 907. The first-order chi connectivity index (χ1) is 19.4. The number of amides is 2. The summed E-state index contributed by atoms with van der Waals surface area (Å²) in [4.78, 5) is 39.9. The van der Waals surface area contributed by atoms with Gasteiger partial charge in [-0.15, -0.1) is 23.5 Å². The summed E-state index contributed by atoms with van der Waals surface area (Å²) in [7, 11) is 1.22. The zero-order valence-corrected chi connectivity index (χ0v) is 27.9. The molecule has 2 rings (SSSR count). The van der Waals surface area contributed by atoms with Crippen molar-refractivity contribution < 1.29 is 39.2 Å². The number of carbonyl (C=O) groups excluding carboxylic acids is 3. The number of likely N-dealkylation sites (tertiary alicyclic amines) is 1. The van der Waals surface area contributed by atoms with Gasteiger partial charge >= 0.3 is 12.1 Å². The van der Waals surface area contributed by atoms with E-state index in [-0.39, 0.29) is 16.5 Å². The zero-order valence-electron chi connectivity index (χ0n) is 26.3. The Kier molecular flexibility index (Phi) is 13.7. The maximum absolute atomic E-state index is 13.9. The van der Waals surface area contributed by atoms with Gasteiger partial charge in [-0.2, -0.15) is 0 Å². The summed E-state index contributed by atoms with van der Waals surface area (Å²) in [6.45, 7) is 13.0. The molecule has 6 unspecified atom stereocenters. The van der Waals surface area contributed by atoms with Crippen molar-refractivity contribution in [3.63, 3.8) is 0 Å². The predicted molar refractivity (Wildman–Crippen MR) is 165 cm³/mol. The number of aliphatic hydroxyl groups is 3. The molecule has 2 aliphatic rings. The van der Waals surface area contributed by atoms with Crippen LogP contribution < -0.4 is 16.0 Å². The lowest BCUT2D eigenvalue weighted by Crippen LogP contribution is -2.62. The fourth-order valence-electron chi connectivity index (χ4n) is 5.10. The second-order valence-corrected chi connectivity index (χ2v) is 16.3. The molecule has 0 bridgehead atoms. The van der Waals surface area contributed by atoms with Crippen LogP contribution >= 0.6 is 23.5 Å². The van der Waals surface area contributed by atoms with Gasteiger partial charge in [-0.05, 0) is 57.0 Å². The van der Waals surface area contributed by atoms with E-state index >= 15 is 0 Å². The minimum atomic E-state index is -1.48. The van der Waals surface area contributed by atoms with Gasteiger partial charge < -0.3 is 35.4 Å². The Hall–Kier alpha value is -1.29. The van der Waals surface area contributed by atoms with Gasteiger partial charge in [-0.25, -0.2) is 4.79 Å². The van der Waals surface area contributed by atoms with Gasteiger partial charge in [0.1, 0.15) is 24.2 Å². The quantitative estimate of drug-likeness (QED) is 0.135. The molecule has 14 heteroatoms. The maximum atomic E-state index is 13.9. The van der Waals surface area contributed by atoms with Gasteiger partial charge in [0.2, 0.25) is 5.91 Å². The lowest BCUT2D eigenvalue weighted by atomic mass is 9.85. The van der Waals surface area contributed by atoms with Crippen molar-refractivity contribution in [2.24, 2.45) is 5.41 Å². The third-order valence-electron chi connectivity index (χ3n) is 7.24. The summed E-state index contributed by atoms with van der Waals surface area (Å²) in [5.41, 5.74) is -1.31. The lowest BCUT2D eigenvalue weighted by Gasteiger charge is -2.41. The van der Waals surface area contributed by atoms with E-state index in [9.17, 15) is 29.7 Å². The molecule has 0 saturated carbocycles. The topological polar surface area (TPSA) is 170 Å². The highest BCUT2D eigenvalue weighted by atomic mass is 32.2. The predicted octanol–water partition coefficient (Wildman–Crippen LogP) is 1.61. The third kappa shape index (κ3) is 10.7. The number of nitrogens with zero attached hydrogens (tertiary/aromatic N) is 1. The van der Waals surface area contributed by atoms with Crippen LogP contribution in [0.5, 0.6) is 0 Å². The highest BCUT2D eigenvalue weighted by molar-refractivity contribution is 8.18. The smallest absolute Gasteiger partial charge is 0.408 e. The molecule has 6 atom stereocenters. The van der Waals surface area contributed by atoms with Gasteiger partial charge in [0, 0.05) is 6.54 Å². The van der Waals surface area contributed by atoms with E-state index in [1.165, 1.54) is 7.11 Å². The monoisotopic (exact) mass is 636 g/mol. The lowest BCUT2D eigenvalue weighted by molar-refractivity contribution is -0.141. The first-order valence-corrected chi connectivity index (χ1v) is 16.6. The molecule has 0 aliphatic carbocycles. The van der Waals surface area contributed by atoms with E-state index in [1.807, 2.05) is 27.7 Å². The Morgan fingerprint density at radius 3 is 2.19 bits per heavy atom. The van der Waals surface area contributed by atoms with Crippen molar-refractivity contribution in [3.05, 3.63) is 0 Å². The number of esters is 1. The fourth-order valence-corrected chi connectivity index (χ4v) is 8.46. The standard InChI is InChI=1S/C28H52N4O8S2/c1-9-11-17(20(34)23(36)29-15-19(33)39-8)30-22(35)18-14-28(41-12-10-13-42-28)16-32(18)24(37)21(26(2,3)4)31-25(38)40-27(5,6)7/h17-18,20-21,23-24,29,34,36-37H,9-16H2,1-8H3,(H,30,35)(H,31,38). The number of methoxy groups -OCH3 is 1. The average Bonchev–Trinajstić information content (AvgIpc) is 3.26. The van der Waals surface area contributed by atoms with Crippen LogP contribution in [0.15, 0.2) is 0 Å². The van der Waals surface area contributed by atoms with Crippen LogP contribution in [-0.2, 0) is 19.1 Å². The van der Waals surface area contributed by atoms with Crippen LogP contribution in [0, 0.1) is 5.41 Å². The summed E-state index contributed by atoms with van der Waals surface area (Å²) >= 11 is 3.57. The Labute approximate surface area is 258 Å². The molecule has 1 spiro atoms. The minimum Gasteiger partial charge on any atom is -0.468 e. The summed E-state index contributed by atoms with van der Waals surface area (Å²) in [5, 5.41) is 41.5. The molecule has 2 fully saturated rings. The number of alkyl carbamates (subject to hydrolysis) is 1. The van der Waals surface area contributed by atoms with E-state index < -0.39 is 59.8 Å². The van der Waals surface area contributed by atoms with E-state index in [0.29, 0.717) is 25.8 Å². The van der Waals surface area contributed by atoms with Crippen LogP contribution in [0.4, 0.5) is 4.79 Å². The van der Waals surface area contributed by atoms with Gasteiger partial charge in [-0.3, -0.25) is 19.8 Å². The fraction of sp³-hybridized carbons (Fsp3) is 0.893. The molecule has 42 heavy (non-hydrogen) atoms. The van der Waals surface area contributed by atoms with Crippen molar-refractivity contribution in [1.82, 2.24) is 20.9 Å². The highest BCUT2D eigenvalue weighted by Gasteiger charge is 2.53. The van der Waals surface area contributed by atoms with E-state index in [4.69, 9.17) is 4.74 Å².